The first-order valence-corrected chi connectivity index (χ1v) is 10.5. The van der Waals surface area contributed by atoms with Crippen LogP contribution >= 0.6 is 11.8 Å². The fraction of sp³-hybridized carbons (Fsp3) is 0.381. The summed E-state index contributed by atoms with van der Waals surface area (Å²) in [6.07, 6.45) is 0.981. The van der Waals surface area contributed by atoms with Gasteiger partial charge in [0.05, 0.1) is 26.2 Å². The second-order valence-corrected chi connectivity index (χ2v) is 7.96. The van der Waals surface area contributed by atoms with Crippen molar-refractivity contribution >= 4 is 23.4 Å². The number of thioether (sulfide) groups is 1. The molecule has 1 heterocycles. The Balaban J connectivity index is 1.28. The number of amides is 1. The Hall–Kier alpha value is -2.18. The van der Waals surface area contributed by atoms with Gasteiger partial charge in [-0.1, -0.05) is 18.2 Å². The fourth-order valence-electron chi connectivity index (χ4n) is 3.22. The molecule has 2 aromatic carbocycles. The first-order valence-electron chi connectivity index (χ1n) is 9.53. The zero-order valence-corrected chi connectivity index (χ0v) is 16.4. The highest BCUT2D eigenvalue weighted by Gasteiger charge is 2.22. The third kappa shape index (κ3) is 6.48. The Morgan fingerprint density at radius 1 is 1.07 bits per heavy atom. The van der Waals surface area contributed by atoms with Crippen LogP contribution < -0.4 is 15.1 Å². The number of phenolic OH excluding ortho intramolecular Hbond substituents is 1. The normalized spacial score (nSPS) is 14.9. The van der Waals surface area contributed by atoms with E-state index in [1.807, 2.05) is 42.1 Å². The highest BCUT2D eigenvalue weighted by Crippen LogP contribution is 2.18. The smallest absolute Gasteiger partial charge is 0.275 e. The number of carbonyl (C=O) groups is 1. The number of rotatable bonds is 8. The molecule has 1 saturated heterocycles. The topological polar surface area (TPSA) is 57.0 Å². The first-order chi connectivity index (χ1) is 13.2. The van der Waals surface area contributed by atoms with E-state index in [9.17, 15) is 9.90 Å². The Morgan fingerprint density at radius 3 is 2.48 bits per heavy atom. The van der Waals surface area contributed by atoms with E-state index in [0.29, 0.717) is 12.3 Å². The fourth-order valence-corrected chi connectivity index (χ4v) is 4.09. The number of aromatic hydroxyl groups is 1. The van der Waals surface area contributed by atoms with Crippen molar-refractivity contribution in [1.82, 2.24) is 5.32 Å². The summed E-state index contributed by atoms with van der Waals surface area (Å²) in [6, 6.07) is 17.7. The molecule has 5 nitrogen and oxygen atoms in total. The van der Waals surface area contributed by atoms with E-state index in [1.54, 1.807) is 12.1 Å². The lowest BCUT2D eigenvalue weighted by atomic mass is 10.2. The molecule has 0 saturated carbocycles. The molecule has 1 fully saturated rings. The number of piperazine rings is 1. The van der Waals surface area contributed by atoms with E-state index >= 15 is 0 Å². The summed E-state index contributed by atoms with van der Waals surface area (Å²) in [4.78, 5) is 17.1. The summed E-state index contributed by atoms with van der Waals surface area (Å²) in [5.41, 5.74) is 1.13. The molecule has 0 aromatic heterocycles. The van der Waals surface area contributed by atoms with Crippen LogP contribution in [0.2, 0.25) is 0 Å². The number of anilines is 1. The third-order valence-corrected chi connectivity index (χ3v) is 5.85. The Labute approximate surface area is 165 Å². The molecular weight excluding hydrogens is 358 g/mol. The lowest BCUT2D eigenvalue weighted by molar-refractivity contribution is -0.892. The van der Waals surface area contributed by atoms with E-state index in [1.165, 1.54) is 9.80 Å². The largest absolute Gasteiger partial charge is 0.508 e. The van der Waals surface area contributed by atoms with Gasteiger partial charge in [0.15, 0.2) is 6.54 Å². The molecule has 144 valence electrons. The van der Waals surface area contributed by atoms with Gasteiger partial charge in [-0.25, -0.2) is 0 Å². The van der Waals surface area contributed by atoms with Crippen LogP contribution in [0.3, 0.4) is 0 Å². The van der Waals surface area contributed by atoms with Crippen molar-refractivity contribution in [3.05, 3.63) is 54.6 Å². The molecule has 0 atom stereocenters. The molecule has 0 aliphatic carbocycles. The second kappa shape index (κ2) is 10.2. The third-order valence-electron chi connectivity index (χ3n) is 4.75. The van der Waals surface area contributed by atoms with Gasteiger partial charge in [-0.2, -0.15) is 0 Å². The summed E-state index contributed by atoms with van der Waals surface area (Å²) >= 11 is 1.83. The quantitative estimate of drug-likeness (QED) is 0.474. The molecule has 27 heavy (non-hydrogen) atoms. The Kier molecular flexibility index (Phi) is 7.42. The maximum Gasteiger partial charge on any atom is 0.275 e. The minimum atomic E-state index is 0.146. The lowest BCUT2D eigenvalue weighted by Gasteiger charge is -2.33. The molecule has 3 rings (SSSR count). The van der Waals surface area contributed by atoms with Crippen molar-refractivity contribution in [2.75, 3.05) is 49.9 Å². The minimum absolute atomic E-state index is 0.146. The van der Waals surface area contributed by atoms with Crippen molar-refractivity contribution in [3.8, 4) is 5.75 Å². The molecule has 0 radical (unpaired) electrons. The maximum atomic E-state index is 12.2. The van der Waals surface area contributed by atoms with Gasteiger partial charge in [-0.05, 0) is 48.6 Å². The molecule has 2 aromatic rings. The van der Waals surface area contributed by atoms with E-state index in [2.05, 4.69) is 22.3 Å². The number of nitrogens with zero attached hydrogens (tertiary/aromatic N) is 1. The molecule has 0 bridgehead atoms. The van der Waals surface area contributed by atoms with Gasteiger partial charge in [-0.3, -0.25) is 4.79 Å². The van der Waals surface area contributed by atoms with Crippen LogP contribution in [0.5, 0.6) is 5.75 Å². The number of hydrogen-bond donors (Lipinski definition) is 3. The monoisotopic (exact) mass is 386 g/mol. The number of quaternary nitrogens is 1. The second-order valence-electron chi connectivity index (χ2n) is 6.80. The average molecular weight is 387 g/mol. The maximum absolute atomic E-state index is 12.2. The van der Waals surface area contributed by atoms with Crippen LogP contribution in [0, 0.1) is 0 Å². The van der Waals surface area contributed by atoms with Gasteiger partial charge in [0.25, 0.3) is 5.91 Å². The number of nitrogens with one attached hydrogen (secondary N) is 2. The van der Waals surface area contributed by atoms with Crippen LogP contribution in [0.15, 0.2) is 59.5 Å². The molecule has 0 spiro atoms. The molecule has 1 amide bonds. The Bertz CT molecular complexity index is 701. The summed E-state index contributed by atoms with van der Waals surface area (Å²) in [7, 11) is 0. The summed E-state index contributed by atoms with van der Waals surface area (Å²) < 4.78 is 0. The number of phenols is 1. The van der Waals surface area contributed by atoms with Crippen molar-refractivity contribution in [2.45, 2.75) is 11.3 Å². The predicted molar refractivity (Wildman–Crippen MR) is 111 cm³/mol. The zero-order valence-electron chi connectivity index (χ0n) is 15.6. The van der Waals surface area contributed by atoms with Crippen molar-refractivity contribution in [2.24, 2.45) is 0 Å². The zero-order chi connectivity index (χ0) is 18.9. The van der Waals surface area contributed by atoms with Gasteiger partial charge in [-0.15, -0.1) is 11.8 Å². The molecular formula is C21H28N3O2S+. The van der Waals surface area contributed by atoms with Crippen LogP contribution in [-0.2, 0) is 4.79 Å². The highest BCUT2D eigenvalue weighted by atomic mass is 32.2. The van der Waals surface area contributed by atoms with Crippen molar-refractivity contribution in [1.29, 1.82) is 0 Å². The van der Waals surface area contributed by atoms with Gasteiger partial charge < -0.3 is 20.2 Å². The summed E-state index contributed by atoms with van der Waals surface area (Å²) in [6.45, 7) is 5.07. The van der Waals surface area contributed by atoms with E-state index in [-0.39, 0.29) is 5.91 Å². The summed E-state index contributed by atoms with van der Waals surface area (Å²) in [5, 5.41) is 12.4. The highest BCUT2D eigenvalue weighted by molar-refractivity contribution is 7.99. The molecule has 1 aliphatic rings. The predicted octanol–water partition coefficient (Wildman–Crippen LogP) is 1.40. The summed E-state index contributed by atoms with van der Waals surface area (Å²) in [5.74, 6) is 1.46. The van der Waals surface area contributed by atoms with Crippen molar-refractivity contribution in [3.63, 3.8) is 0 Å². The SMILES string of the molecule is O=C(C[NH+]1CCN(c2ccc(O)cc2)CC1)NCCCSc1ccccc1. The van der Waals surface area contributed by atoms with Crippen LogP contribution in [0.25, 0.3) is 0 Å². The average Bonchev–Trinajstić information content (AvgIpc) is 2.70. The molecule has 6 heteroatoms. The Morgan fingerprint density at radius 2 is 1.78 bits per heavy atom. The molecule has 0 unspecified atom stereocenters. The van der Waals surface area contributed by atoms with Gasteiger partial charge in [0.1, 0.15) is 5.75 Å². The van der Waals surface area contributed by atoms with Gasteiger partial charge >= 0.3 is 0 Å². The number of hydrogen-bond acceptors (Lipinski definition) is 4. The molecule has 3 N–H and O–H groups in total. The van der Waals surface area contributed by atoms with Gasteiger partial charge in [0.2, 0.25) is 0 Å². The van der Waals surface area contributed by atoms with Crippen LogP contribution in [0.1, 0.15) is 6.42 Å². The minimum Gasteiger partial charge on any atom is -0.508 e. The number of benzene rings is 2. The first kappa shape index (κ1) is 19.6. The molecule has 1 aliphatic heterocycles. The standard InChI is InChI=1S/C21H27N3O2S/c25-19-9-7-18(8-10-19)24-14-12-23(13-15-24)17-21(26)22-11-4-16-27-20-5-2-1-3-6-20/h1-3,5-10,25H,4,11-17H2,(H,22,26)/p+1. The van der Waals surface area contributed by atoms with E-state index in [0.717, 1.165) is 50.6 Å². The van der Waals surface area contributed by atoms with E-state index < -0.39 is 0 Å². The lowest BCUT2D eigenvalue weighted by Crippen LogP contribution is -3.15. The van der Waals surface area contributed by atoms with E-state index in [4.69, 9.17) is 0 Å². The van der Waals surface area contributed by atoms with Crippen molar-refractivity contribution < 1.29 is 14.8 Å². The van der Waals surface area contributed by atoms with Gasteiger partial charge in [0, 0.05) is 17.1 Å². The van der Waals surface area contributed by atoms with Crippen LogP contribution in [-0.4, -0.2) is 56.0 Å². The van der Waals surface area contributed by atoms with Crippen LogP contribution in [0.4, 0.5) is 5.69 Å². The number of carbonyl (C=O) groups excluding carboxylic acids is 1.